The van der Waals surface area contributed by atoms with Crippen LogP contribution in [0.25, 0.3) is 0 Å². The lowest BCUT2D eigenvalue weighted by Gasteiger charge is -2.13. The normalized spacial score (nSPS) is 9.85. The van der Waals surface area contributed by atoms with E-state index >= 15 is 0 Å². The molecule has 9 heteroatoms. The monoisotopic (exact) mass is 387 g/mol. The van der Waals surface area contributed by atoms with E-state index in [1.807, 2.05) is 0 Å². The minimum atomic E-state index is -1.03. The second-order valence-corrected chi connectivity index (χ2v) is 5.80. The van der Waals surface area contributed by atoms with E-state index in [0.717, 1.165) is 0 Å². The minimum absolute atomic E-state index is 0.0380. The maximum Gasteiger partial charge on any atom is 0.335 e. The molecule has 0 unspecified atom stereocenters. The number of rotatable bonds is 5. The average Bonchev–Trinajstić information content (AvgIpc) is 2.61. The van der Waals surface area contributed by atoms with Crippen molar-refractivity contribution in [2.45, 2.75) is 6.92 Å². The molecule has 0 atom stereocenters. The van der Waals surface area contributed by atoms with Crippen LogP contribution in [0.4, 0.5) is 11.4 Å². The molecule has 0 bridgehead atoms. The molecule has 2 aromatic carbocycles. The highest BCUT2D eigenvalue weighted by Gasteiger charge is 2.15. The zero-order valence-electron chi connectivity index (χ0n) is 14.5. The van der Waals surface area contributed by atoms with Gasteiger partial charge in [0, 0.05) is 24.4 Å². The lowest BCUT2D eigenvalue weighted by Crippen LogP contribution is -2.34. The smallest absolute Gasteiger partial charge is 0.335 e. The molecule has 0 heterocycles. The summed E-state index contributed by atoms with van der Waals surface area (Å²) < 4.78 is 5.19. The van der Waals surface area contributed by atoms with E-state index in [0.29, 0.717) is 11.4 Å². The van der Waals surface area contributed by atoms with Gasteiger partial charge in [0.1, 0.15) is 5.75 Å². The van der Waals surface area contributed by atoms with Crippen LogP contribution in [0.5, 0.6) is 5.75 Å². The predicted octanol–water partition coefficient (Wildman–Crippen LogP) is 2.48. The van der Waals surface area contributed by atoms with Crippen LogP contribution in [-0.2, 0) is 4.79 Å². The van der Waals surface area contributed by atoms with Gasteiger partial charge in [0.25, 0.3) is 5.91 Å². The Kier molecular flexibility index (Phi) is 6.45. The van der Waals surface area contributed by atoms with Gasteiger partial charge in [-0.05, 0) is 48.6 Å². The quantitative estimate of drug-likeness (QED) is 0.582. The van der Waals surface area contributed by atoms with Gasteiger partial charge in [-0.1, -0.05) is 0 Å². The fraction of sp³-hybridized carbons (Fsp3) is 0.111. The second-order valence-electron chi connectivity index (χ2n) is 5.39. The number of aromatic carboxylic acids is 1. The maximum atomic E-state index is 12.4. The van der Waals surface area contributed by atoms with Gasteiger partial charge < -0.3 is 20.5 Å². The Morgan fingerprint density at radius 2 is 1.63 bits per heavy atom. The van der Waals surface area contributed by atoms with Crippen molar-refractivity contribution in [2.75, 3.05) is 17.7 Å². The molecule has 0 aliphatic rings. The molecule has 140 valence electrons. The van der Waals surface area contributed by atoms with Gasteiger partial charge in [-0.25, -0.2) is 4.79 Å². The van der Waals surface area contributed by atoms with E-state index in [1.165, 1.54) is 50.4 Å². The van der Waals surface area contributed by atoms with Gasteiger partial charge in [0.2, 0.25) is 5.91 Å². The first-order valence-corrected chi connectivity index (χ1v) is 8.12. The van der Waals surface area contributed by atoms with Crippen molar-refractivity contribution in [3.63, 3.8) is 0 Å². The Bertz CT molecular complexity index is 896. The summed E-state index contributed by atoms with van der Waals surface area (Å²) in [5.41, 5.74) is 1.39. The summed E-state index contributed by atoms with van der Waals surface area (Å²) in [6.07, 6.45) is 0. The highest BCUT2D eigenvalue weighted by atomic mass is 32.1. The number of anilines is 2. The zero-order chi connectivity index (χ0) is 20.0. The molecule has 0 fully saturated rings. The third kappa shape index (κ3) is 5.51. The number of hydrogen-bond donors (Lipinski definition) is 4. The van der Waals surface area contributed by atoms with Crippen LogP contribution in [0, 0.1) is 0 Å². The molecule has 0 saturated heterocycles. The van der Waals surface area contributed by atoms with Crippen LogP contribution in [0.15, 0.2) is 42.5 Å². The van der Waals surface area contributed by atoms with E-state index in [9.17, 15) is 14.4 Å². The van der Waals surface area contributed by atoms with E-state index < -0.39 is 11.9 Å². The second kappa shape index (κ2) is 8.77. The van der Waals surface area contributed by atoms with Crippen LogP contribution >= 0.6 is 12.2 Å². The van der Waals surface area contributed by atoms with Gasteiger partial charge in [0.15, 0.2) is 5.11 Å². The number of methoxy groups -OCH3 is 1. The van der Waals surface area contributed by atoms with Crippen molar-refractivity contribution in [1.29, 1.82) is 0 Å². The SMILES string of the molecule is COc1cc(NC(C)=O)ccc1C(=O)NC(=S)Nc1ccc(C(=O)O)cc1. The molecule has 0 saturated carbocycles. The molecule has 0 aliphatic heterocycles. The fourth-order valence-corrected chi connectivity index (χ4v) is 2.40. The van der Waals surface area contributed by atoms with E-state index in [4.69, 9.17) is 22.1 Å². The highest BCUT2D eigenvalue weighted by molar-refractivity contribution is 7.80. The Morgan fingerprint density at radius 3 is 2.19 bits per heavy atom. The summed E-state index contributed by atoms with van der Waals surface area (Å²) in [6, 6.07) is 10.5. The van der Waals surface area contributed by atoms with Gasteiger partial charge in [0.05, 0.1) is 18.2 Å². The number of carboxylic acids is 1. The number of ether oxygens (including phenoxy) is 1. The molecule has 0 spiro atoms. The molecule has 0 radical (unpaired) electrons. The molecule has 0 aromatic heterocycles. The summed E-state index contributed by atoms with van der Waals surface area (Å²) in [5, 5.41) is 16.8. The van der Waals surface area contributed by atoms with E-state index in [-0.39, 0.29) is 27.9 Å². The maximum absolute atomic E-state index is 12.4. The summed E-state index contributed by atoms with van der Waals surface area (Å²) in [6.45, 7) is 1.38. The molecule has 4 N–H and O–H groups in total. The van der Waals surface area contributed by atoms with Gasteiger partial charge in [-0.15, -0.1) is 0 Å². The highest BCUT2D eigenvalue weighted by Crippen LogP contribution is 2.23. The molecular weight excluding hydrogens is 370 g/mol. The van der Waals surface area contributed by atoms with E-state index in [1.54, 1.807) is 6.07 Å². The Labute approximate surface area is 160 Å². The number of thiocarbonyl (C=S) groups is 1. The molecule has 2 rings (SSSR count). The van der Waals surface area contributed by atoms with E-state index in [2.05, 4.69) is 16.0 Å². The number of benzene rings is 2. The average molecular weight is 387 g/mol. The van der Waals surface area contributed by atoms with Crippen molar-refractivity contribution >= 4 is 46.5 Å². The number of nitrogens with one attached hydrogen (secondary N) is 3. The summed E-state index contributed by atoms with van der Waals surface area (Å²) in [5.74, 6) is -1.51. The Hall–Kier alpha value is -3.46. The summed E-state index contributed by atoms with van der Waals surface area (Å²) in [7, 11) is 1.41. The van der Waals surface area contributed by atoms with Crippen LogP contribution < -0.4 is 20.7 Å². The molecule has 27 heavy (non-hydrogen) atoms. The zero-order valence-corrected chi connectivity index (χ0v) is 15.3. The van der Waals surface area contributed by atoms with Crippen LogP contribution in [0.3, 0.4) is 0 Å². The van der Waals surface area contributed by atoms with Crippen LogP contribution in [-0.4, -0.2) is 35.1 Å². The molecule has 2 amide bonds. The van der Waals surface area contributed by atoms with Crippen molar-refractivity contribution < 1.29 is 24.2 Å². The predicted molar refractivity (Wildman–Crippen MR) is 104 cm³/mol. The number of hydrogen-bond acceptors (Lipinski definition) is 5. The molecule has 2 aromatic rings. The Morgan fingerprint density at radius 1 is 1.00 bits per heavy atom. The van der Waals surface area contributed by atoms with Gasteiger partial charge in [-0.3, -0.25) is 14.9 Å². The first-order chi connectivity index (χ1) is 12.8. The van der Waals surface area contributed by atoms with Gasteiger partial charge in [-0.2, -0.15) is 0 Å². The number of amides is 2. The number of carbonyl (C=O) groups excluding carboxylic acids is 2. The summed E-state index contributed by atoms with van der Waals surface area (Å²) >= 11 is 5.10. The third-order valence-electron chi connectivity index (χ3n) is 3.38. The first-order valence-electron chi connectivity index (χ1n) is 7.71. The molecular formula is C18H17N3O5S. The van der Waals surface area contributed by atoms with Crippen molar-refractivity contribution in [1.82, 2.24) is 5.32 Å². The largest absolute Gasteiger partial charge is 0.496 e. The van der Waals surface area contributed by atoms with Crippen LogP contribution in [0.2, 0.25) is 0 Å². The fourth-order valence-electron chi connectivity index (χ4n) is 2.19. The van der Waals surface area contributed by atoms with Crippen LogP contribution in [0.1, 0.15) is 27.6 Å². The third-order valence-corrected chi connectivity index (χ3v) is 3.59. The minimum Gasteiger partial charge on any atom is -0.496 e. The molecule has 0 aliphatic carbocycles. The number of carbonyl (C=O) groups is 3. The summed E-state index contributed by atoms with van der Waals surface area (Å²) in [4.78, 5) is 34.4. The number of carboxylic acid groups (broad SMARTS) is 1. The van der Waals surface area contributed by atoms with Crippen molar-refractivity contribution in [3.05, 3.63) is 53.6 Å². The van der Waals surface area contributed by atoms with Gasteiger partial charge >= 0.3 is 5.97 Å². The van der Waals surface area contributed by atoms with Crippen molar-refractivity contribution in [3.8, 4) is 5.75 Å². The lowest BCUT2D eigenvalue weighted by atomic mass is 10.1. The lowest BCUT2D eigenvalue weighted by molar-refractivity contribution is -0.114. The first kappa shape index (κ1) is 19.9. The molecule has 8 nitrogen and oxygen atoms in total. The Balaban J connectivity index is 2.06. The van der Waals surface area contributed by atoms with Crippen molar-refractivity contribution in [2.24, 2.45) is 0 Å². The topological polar surface area (TPSA) is 117 Å². The standard InChI is InChI=1S/C18H17N3O5S/c1-10(22)19-13-7-8-14(15(9-13)26-2)16(23)21-18(27)20-12-5-3-11(4-6-12)17(24)25/h3-9H,1-2H3,(H,19,22)(H,24,25)(H2,20,21,23,27).